The number of thiophene rings is 1. The molecule has 1 heterocycles. The van der Waals surface area contributed by atoms with Crippen LogP contribution in [0.4, 0.5) is 0 Å². The number of hydrogen-bond donors (Lipinski definition) is 1. The predicted octanol–water partition coefficient (Wildman–Crippen LogP) is 6.11. The lowest BCUT2D eigenvalue weighted by Gasteiger charge is -2.13. The van der Waals surface area contributed by atoms with Crippen molar-refractivity contribution >= 4 is 59.1 Å². The fraction of sp³-hybridized carbons (Fsp3) is 0.333. The van der Waals surface area contributed by atoms with Crippen LogP contribution in [-0.4, -0.2) is 6.04 Å². The van der Waals surface area contributed by atoms with Gasteiger partial charge in [0.25, 0.3) is 0 Å². The van der Waals surface area contributed by atoms with Crippen molar-refractivity contribution in [1.82, 2.24) is 5.32 Å². The van der Waals surface area contributed by atoms with Crippen molar-refractivity contribution in [2.45, 2.75) is 33.0 Å². The van der Waals surface area contributed by atoms with Crippen molar-refractivity contribution in [2.24, 2.45) is 0 Å². The lowest BCUT2D eigenvalue weighted by atomic mass is 10.2. The van der Waals surface area contributed by atoms with E-state index in [-0.39, 0.29) is 0 Å². The van der Waals surface area contributed by atoms with Crippen LogP contribution < -0.4 is 10.1 Å². The molecule has 0 spiro atoms. The van der Waals surface area contributed by atoms with E-state index in [1.165, 1.54) is 10.4 Å². The second kappa shape index (κ2) is 8.11. The highest BCUT2D eigenvalue weighted by Gasteiger charge is 2.10. The minimum Gasteiger partial charge on any atom is -0.486 e. The summed E-state index contributed by atoms with van der Waals surface area (Å²) in [6.07, 6.45) is 0. The van der Waals surface area contributed by atoms with Gasteiger partial charge in [0.05, 0.1) is 8.95 Å². The van der Waals surface area contributed by atoms with Crippen LogP contribution in [-0.2, 0) is 13.2 Å². The van der Waals surface area contributed by atoms with Gasteiger partial charge in [0.2, 0.25) is 0 Å². The van der Waals surface area contributed by atoms with Gasteiger partial charge in [0, 0.05) is 27.3 Å². The third-order valence-electron chi connectivity index (χ3n) is 2.75. The maximum absolute atomic E-state index is 5.92. The molecule has 0 atom stereocenters. The quantitative estimate of drug-likeness (QED) is 0.519. The predicted molar refractivity (Wildman–Crippen MR) is 100 cm³/mol. The third-order valence-corrected chi connectivity index (χ3v) is 5.60. The van der Waals surface area contributed by atoms with Crippen molar-refractivity contribution in [2.75, 3.05) is 0 Å². The zero-order valence-corrected chi connectivity index (χ0v) is 17.3. The van der Waals surface area contributed by atoms with Crippen molar-refractivity contribution in [3.8, 4) is 5.75 Å². The van der Waals surface area contributed by atoms with Gasteiger partial charge in [-0.2, -0.15) is 0 Å². The Morgan fingerprint density at radius 1 is 1.14 bits per heavy atom. The van der Waals surface area contributed by atoms with E-state index in [2.05, 4.69) is 90.5 Å². The molecule has 2 nitrogen and oxygen atoms in total. The van der Waals surface area contributed by atoms with Crippen LogP contribution in [0.1, 0.15) is 24.3 Å². The summed E-state index contributed by atoms with van der Waals surface area (Å²) in [5.74, 6) is 0.841. The molecule has 0 amide bonds. The first-order valence-electron chi connectivity index (χ1n) is 6.52. The molecular weight excluding hydrogens is 482 g/mol. The average Bonchev–Trinajstić information content (AvgIpc) is 2.81. The Kier molecular flexibility index (Phi) is 6.75. The summed E-state index contributed by atoms with van der Waals surface area (Å²) in [7, 11) is 0. The van der Waals surface area contributed by atoms with Crippen molar-refractivity contribution in [3.05, 3.63) is 47.4 Å². The minimum absolute atomic E-state index is 0.468. The summed E-state index contributed by atoms with van der Waals surface area (Å²) in [5.41, 5.74) is 1.22. The van der Waals surface area contributed by atoms with Gasteiger partial charge in [0.1, 0.15) is 12.4 Å². The number of ether oxygens (including phenoxy) is 1. The largest absolute Gasteiger partial charge is 0.486 e. The van der Waals surface area contributed by atoms with Crippen LogP contribution in [0.2, 0.25) is 0 Å². The van der Waals surface area contributed by atoms with E-state index in [0.29, 0.717) is 12.6 Å². The molecule has 1 aromatic carbocycles. The normalized spacial score (nSPS) is 11.1. The fourth-order valence-electron chi connectivity index (χ4n) is 1.75. The Labute approximate surface area is 154 Å². The Bertz CT molecular complexity index is 590. The van der Waals surface area contributed by atoms with Gasteiger partial charge >= 0.3 is 0 Å². The van der Waals surface area contributed by atoms with Gasteiger partial charge in [-0.25, -0.2) is 0 Å². The highest BCUT2D eigenvalue weighted by atomic mass is 79.9. The van der Waals surface area contributed by atoms with Gasteiger partial charge in [-0.3, -0.25) is 0 Å². The van der Waals surface area contributed by atoms with E-state index in [4.69, 9.17) is 4.74 Å². The molecule has 0 saturated heterocycles. The second-order valence-electron chi connectivity index (χ2n) is 4.94. The fourth-order valence-corrected chi connectivity index (χ4v) is 4.62. The summed E-state index contributed by atoms with van der Waals surface area (Å²) in [4.78, 5) is 1.19. The van der Waals surface area contributed by atoms with Crippen molar-refractivity contribution in [3.63, 3.8) is 0 Å². The molecule has 6 heteroatoms. The summed E-state index contributed by atoms with van der Waals surface area (Å²) >= 11 is 12.3. The summed E-state index contributed by atoms with van der Waals surface area (Å²) < 4.78 is 8.95. The topological polar surface area (TPSA) is 21.3 Å². The van der Waals surface area contributed by atoms with Crippen LogP contribution in [0.5, 0.6) is 5.75 Å². The minimum atomic E-state index is 0.468. The third kappa shape index (κ3) is 5.36. The van der Waals surface area contributed by atoms with E-state index in [0.717, 1.165) is 25.7 Å². The number of rotatable bonds is 6. The van der Waals surface area contributed by atoms with Crippen LogP contribution in [0.3, 0.4) is 0 Å². The Balaban J connectivity index is 2.06. The molecule has 1 N–H and O–H groups in total. The molecule has 0 fully saturated rings. The van der Waals surface area contributed by atoms with E-state index in [1.54, 1.807) is 11.3 Å². The van der Waals surface area contributed by atoms with Crippen LogP contribution in [0.25, 0.3) is 0 Å². The first-order valence-corrected chi connectivity index (χ1v) is 9.78. The molecule has 1 aromatic heterocycles. The van der Waals surface area contributed by atoms with Gasteiger partial charge in [-0.1, -0.05) is 13.8 Å². The molecule has 0 unspecified atom stereocenters. The molecule has 0 saturated carbocycles. The van der Waals surface area contributed by atoms with Crippen molar-refractivity contribution in [1.29, 1.82) is 0 Å². The van der Waals surface area contributed by atoms with Gasteiger partial charge in [-0.15, -0.1) is 11.3 Å². The van der Waals surface area contributed by atoms with E-state index in [1.807, 2.05) is 0 Å². The molecule has 21 heavy (non-hydrogen) atoms. The Morgan fingerprint density at radius 2 is 1.81 bits per heavy atom. The summed E-state index contributed by atoms with van der Waals surface area (Å²) in [6.45, 7) is 5.69. The average molecular weight is 498 g/mol. The van der Waals surface area contributed by atoms with Crippen LogP contribution in [0, 0.1) is 0 Å². The Hall–Kier alpha value is 0.120. The first kappa shape index (κ1) is 17.5. The number of halogens is 3. The Morgan fingerprint density at radius 3 is 2.33 bits per heavy atom. The molecular formula is C15H16Br3NOS. The SMILES string of the molecule is CC(C)NCc1cc(Br)c(OCc2cc(Br)cs2)c(Br)c1. The van der Waals surface area contributed by atoms with Crippen molar-refractivity contribution < 1.29 is 4.74 Å². The lowest BCUT2D eigenvalue weighted by Crippen LogP contribution is -2.21. The standard InChI is InChI=1S/C15H16Br3NOS/c1-9(2)19-6-10-3-13(17)15(14(18)4-10)20-7-12-5-11(16)8-21-12/h3-5,8-9,19H,6-7H2,1-2H3. The highest BCUT2D eigenvalue weighted by Crippen LogP contribution is 2.35. The second-order valence-corrected chi connectivity index (χ2v) is 8.56. The molecule has 0 bridgehead atoms. The lowest BCUT2D eigenvalue weighted by molar-refractivity contribution is 0.305. The smallest absolute Gasteiger partial charge is 0.148 e. The molecule has 0 aliphatic heterocycles. The zero-order chi connectivity index (χ0) is 15.4. The van der Waals surface area contributed by atoms with Gasteiger partial charge in [-0.05, 0) is 71.6 Å². The zero-order valence-electron chi connectivity index (χ0n) is 11.8. The molecule has 0 aliphatic carbocycles. The summed E-state index contributed by atoms with van der Waals surface area (Å²) in [6, 6.07) is 6.74. The molecule has 2 rings (SSSR count). The van der Waals surface area contributed by atoms with Crippen LogP contribution >= 0.6 is 59.1 Å². The van der Waals surface area contributed by atoms with Gasteiger partial charge < -0.3 is 10.1 Å². The molecule has 114 valence electrons. The molecule has 0 aliphatic rings. The van der Waals surface area contributed by atoms with E-state index in [9.17, 15) is 0 Å². The number of hydrogen-bond acceptors (Lipinski definition) is 3. The van der Waals surface area contributed by atoms with Gasteiger partial charge in [0.15, 0.2) is 0 Å². The van der Waals surface area contributed by atoms with E-state index >= 15 is 0 Å². The maximum Gasteiger partial charge on any atom is 0.148 e. The maximum atomic E-state index is 5.92. The number of benzene rings is 1. The molecule has 2 aromatic rings. The summed E-state index contributed by atoms with van der Waals surface area (Å²) in [5, 5.41) is 5.47. The molecule has 0 radical (unpaired) electrons. The van der Waals surface area contributed by atoms with Crippen LogP contribution in [0.15, 0.2) is 37.0 Å². The first-order chi connectivity index (χ1) is 9.95. The van der Waals surface area contributed by atoms with E-state index < -0.39 is 0 Å². The highest BCUT2D eigenvalue weighted by molar-refractivity contribution is 9.11. The monoisotopic (exact) mass is 495 g/mol. The number of nitrogens with one attached hydrogen (secondary N) is 1.